The van der Waals surface area contributed by atoms with E-state index in [4.69, 9.17) is 0 Å². The van der Waals surface area contributed by atoms with Gasteiger partial charge in [-0.25, -0.2) is 0 Å². The summed E-state index contributed by atoms with van der Waals surface area (Å²) in [5.41, 5.74) is 2.47. The van der Waals surface area contributed by atoms with E-state index in [1.165, 1.54) is 11.1 Å². The molecule has 0 aliphatic heterocycles. The summed E-state index contributed by atoms with van der Waals surface area (Å²) in [6.45, 7) is 4.89. The van der Waals surface area contributed by atoms with Crippen LogP contribution in [0.1, 0.15) is 30.5 Å². The summed E-state index contributed by atoms with van der Waals surface area (Å²) >= 11 is 3.50. The molecule has 0 aliphatic carbocycles. The number of aryl methyl sites for hydroxylation is 1. The third-order valence-corrected chi connectivity index (χ3v) is 3.86. The monoisotopic (exact) mass is 312 g/mol. The van der Waals surface area contributed by atoms with Crippen molar-refractivity contribution in [1.82, 2.24) is 10.2 Å². The first-order valence-corrected chi connectivity index (χ1v) is 6.90. The zero-order chi connectivity index (χ0) is 13.7. The average molecular weight is 313 g/mol. The van der Waals surface area contributed by atoms with Crippen molar-refractivity contribution in [2.24, 2.45) is 0 Å². The molecule has 0 bridgehead atoms. The number of halogens is 1. The Morgan fingerprint density at radius 1 is 1.44 bits per heavy atom. The Balaban J connectivity index is 2.48. The van der Waals surface area contributed by atoms with Crippen LogP contribution in [-0.2, 0) is 4.79 Å². The topological polar surface area (TPSA) is 32.3 Å². The number of carbonyl (C=O) groups is 1. The molecule has 0 saturated carbocycles. The minimum absolute atomic E-state index is 0.154. The number of benzene rings is 1. The molecule has 3 nitrogen and oxygen atoms in total. The van der Waals surface area contributed by atoms with Crippen molar-refractivity contribution < 1.29 is 4.79 Å². The zero-order valence-corrected chi connectivity index (χ0v) is 13.0. The Hall–Kier alpha value is -0.870. The molecule has 18 heavy (non-hydrogen) atoms. The van der Waals surface area contributed by atoms with Gasteiger partial charge in [0.2, 0.25) is 5.91 Å². The van der Waals surface area contributed by atoms with Gasteiger partial charge in [0.05, 0.1) is 0 Å². The van der Waals surface area contributed by atoms with Gasteiger partial charge in [-0.1, -0.05) is 28.1 Å². The lowest BCUT2D eigenvalue weighted by Crippen LogP contribution is -2.28. The van der Waals surface area contributed by atoms with Crippen molar-refractivity contribution >= 4 is 21.8 Å². The summed E-state index contributed by atoms with van der Waals surface area (Å²) in [5, 5.41) is 3.37. The van der Waals surface area contributed by atoms with Gasteiger partial charge in [-0.05, 0) is 31.0 Å². The van der Waals surface area contributed by atoms with Gasteiger partial charge in [0.25, 0.3) is 0 Å². The molecule has 100 valence electrons. The van der Waals surface area contributed by atoms with Crippen molar-refractivity contribution in [1.29, 1.82) is 0 Å². The van der Waals surface area contributed by atoms with Gasteiger partial charge in [-0.15, -0.1) is 0 Å². The van der Waals surface area contributed by atoms with E-state index in [2.05, 4.69) is 53.3 Å². The second-order valence-corrected chi connectivity index (χ2v) is 5.58. The fourth-order valence-electron chi connectivity index (χ4n) is 1.67. The minimum Gasteiger partial charge on any atom is -0.349 e. The third kappa shape index (κ3) is 4.42. The highest BCUT2D eigenvalue weighted by molar-refractivity contribution is 9.10. The number of carbonyl (C=O) groups excluding carboxylic acids is 1. The summed E-state index contributed by atoms with van der Waals surface area (Å²) in [4.78, 5) is 13.1. The smallest absolute Gasteiger partial charge is 0.223 e. The molecule has 0 saturated heterocycles. The second-order valence-electron chi connectivity index (χ2n) is 4.72. The molecule has 0 aromatic heterocycles. The minimum atomic E-state index is 0.154. The first-order chi connectivity index (χ1) is 8.41. The van der Waals surface area contributed by atoms with Crippen molar-refractivity contribution in [3.05, 3.63) is 33.8 Å². The van der Waals surface area contributed by atoms with Crippen LogP contribution in [0.3, 0.4) is 0 Å². The summed E-state index contributed by atoms with van der Waals surface area (Å²) < 4.78 is 1.13. The van der Waals surface area contributed by atoms with Gasteiger partial charge >= 0.3 is 0 Å². The molecule has 0 radical (unpaired) electrons. The van der Waals surface area contributed by atoms with Crippen LogP contribution in [0.5, 0.6) is 0 Å². The molecule has 1 atom stereocenters. The van der Waals surface area contributed by atoms with E-state index in [1.807, 2.05) is 0 Å². The summed E-state index contributed by atoms with van der Waals surface area (Å²) in [6.07, 6.45) is 0.535. The van der Waals surface area contributed by atoms with E-state index in [0.29, 0.717) is 13.0 Å². The molecule has 0 spiro atoms. The molecule has 0 aliphatic rings. The summed E-state index contributed by atoms with van der Waals surface area (Å²) in [7, 11) is 3.56. The van der Waals surface area contributed by atoms with Crippen molar-refractivity contribution in [2.45, 2.75) is 26.3 Å². The van der Waals surface area contributed by atoms with Crippen LogP contribution in [-0.4, -0.2) is 31.4 Å². The fraction of sp³-hybridized carbons (Fsp3) is 0.500. The first kappa shape index (κ1) is 15.2. The molecule has 0 fully saturated rings. The standard InChI is InChI=1S/C14H21BrN2O/c1-10-9-12(5-6-13(10)15)11(2)16-8-7-14(18)17(3)4/h5-6,9,11,16H,7-8H2,1-4H3/t11-/m0/s1. The lowest BCUT2D eigenvalue weighted by atomic mass is 10.1. The lowest BCUT2D eigenvalue weighted by molar-refractivity contribution is -0.128. The van der Waals surface area contributed by atoms with Gasteiger partial charge in [0, 0.05) is 37.6 Å². The fourth-order valence-corrected chi connectivity index (χ4v) is 1.92. The quantitative estimate of drug-likeness (QED) is 0.906. The van der Waals surface area contributed by atoms with Gasteiger partial charge in [0.1, 0.15) is 0 Å². The predicted octanol–water partition coefficient (Wildman–Crippen LogP) is 2.89. The number of rotatable bonds is 5. The van der Waals surface area contributed by atoms with Gasteiger partial charge in [-0.2, -0.15) is 0 Å². The van der Waals surface area contributed by atoms with Crippen LogP contribution in [0.4, 0.5) is 0 Å². The van der Waals surface area contributed by atoms with E-state index in [1.54, 1.807) is 19.0 Å². The largest absolute Gasteiger partial charge is 0.349 e. The van der Waals surface area contributed by atoms with Gasteiger partial charge in [-0.3, -0.25) is 4.79 Å². The first-order valence-electron chi connectivity index (χ1n) is 6.11. The number of hydrogen-bond acceptors (Lipinski definition) is 2. The van der Waals surface area contributed by atoms with Crippen molar-refractivity contribution in [3.63, 3.8) is 0 Å². The molecule has 1 N–H and O–H groups in total. The highest BCUT2D eigenvalue weighted by Gasteiger charge is 2.08. The number of hydrogen-bond donors (Lipinski definition) is 1. The van der Waals surface area contributed by atoms with E-state index in [0.717, 1.165) is 4.47 Å². The predicted molar refractivity (Wildman–Crippen MR) is 78.6 cm³/mol. The Bertz CT molecular complexity index is 418. The maximum Gasteiger partial charge on any atom is 0.223 e. The third-order valence-electron chi connectivity index (χ3n) is 2.97. The number of amides is 1. The molecule has 0 unspecified atom stereocenters. The van der Waals surface area contributed by atoms with E-state index < -0.39 is 0 Å². The maximum atomic E-state index is 11.4. The summed E-state index contributed by atoms with van der Waals surface area (Å²) in [6, 6.07) is 6.58. The molecule has 1 rings (SSSR count). The average Bonchev–Trinajstić information content (AvgIpc) is 2.32. The lowest BCUT2D eigenvalue weighted by Gasteiger charge is -2.16. The van der Waals surface area contributed by atoms with E-state index >= 15 is 0 Å². The highest BCUT2D eigenvalue weighted by atomic mass is 79.9. The van der Waals surface area contributed by atoms with E-state index in [-0.39, 0.29) is 11.9 Å². The van der Waals surface area contributed by atoms with E-state index in [9.17, 15) is 4.79 Å². The second kappa shape index (κ2) is 6.90. The van der Waals surface area contributed by atoms with Crippen molar-refractivity contribution in [3.8, 4) is 0 Å². The Morgan fingerprint density at radius 3 is 2.67 bits per heavy atom. The molecule has 4 heteroatoms. The van der Waals surface area contributed by atoms with Crippen LogP contribution in [0.2, 0.25) is 0 Å². The van der Waals surface area contributed by atoms with Gasteiger partial charge in [0.15, 0.2) is 0 Å². The molecular weight excluding hydrogens is 292 g/mol. The normalized spacial score (nSPS) is 12.3. The van der Waals surface area contributed by atoms with Crippen molar-refractivity contribution in [2.75, 3.05) is 20.6 Å². The van der Waals surface area contributed by atoms with Crippen LogP contribution >= 0.6 is 15.9 Å². The molecule has 1 amide bonds. The maximum absolute atomic E-state index is 11.4. The zero-order valence-electron chi connectivity index (χ0n) is 11.5. The Morgan fingerprint density at radius 2 is 2.11 bits per heavy atom. The van der Waals surface area contributed by atoms with Gasteiger partial charge < -0.3 is 10.2 Å². The summed E-state index contributed by atoms with van der Waals surface area (Å²) in [5.74, 6) is 0.154. The molecule has 1 aromatic carbocycles. The van der Waals surface area contributed by atoms with Crippen LogP contribution in [0.15, 0.2) is 22.7 Å². The Labute approximate surface area is 118 Å². The number of nitrogens with zero attached hydrogens (tertiary/aromatic N) is 1. The van der Waals surface area contributed by atoms with Crippen LogP contribution in [0, 0.1) is 6.92 Å². The van der Waals surface area contributed by atoms with Crippen LogP contribution < -0.4 is 5.32 Å². The number of nitrogens with one attached hydrogen (secondary N) is 1. The Kier molecular flexibility index (Phi) is 5.82. The SMILES string of the molecule is Cc1cc([C@H](C)NCCC(=O)N(C)C)ccc1Br. The molecule has 1 aromatic rings. The molecular formula is C14H21BrN2O. The highest BCUT2D eigenvalue weighted by Crippen LogP contribution is 2.21. The molecule has 0 heterocycles. The van der Waals surface area contributed by atoms with Crippen LogP contribution in [0.25, 0.3) is 0 Å².